The molecule has 1 saturated heterocycles. The standard InChI is InChI=1S/C20H28N2O3/c1-3-18(15-25-2)21-20(24)17-11-13-22(14-12-17)19(23)10-9-16-7-5-4-6-8-16/h4-10,17-18H,3,11-15H2,1-2H3,(H,21,24). The van der Waals surface area contributed by atoms with Crippen LogP contribution in [-0.2, 0) is 14.3 Å². The van der Waals surface area contributed by atoms with Gasteiger partial charge >= 0.3 is 0 Å². The number of nitrogens with one attached hydrogen (secondary N) is 1. The number of ether oxygens (including phenoxy) is 1. The lowest BCUT2D eigenvalue weighted by Crippen LogP contribution is -2.46. The Morgan fingerprint density at radius 2 is 1.96 bits per heavy atom. The normalized spacial score (nSPS) is 16.8. The molecule has 0 aliphatic carbocycles. The van der Waals surface area contributed by atoms with Gasteiger partial charge in [0.05, 0.1) is 12.6 Å². The molecule has 2 rings (SSSR count). The van der Waals surface area contributed by atoms with E-state index in [1.165, 1.54) is 0 Å². The fourth-order valence-corrected chi connectivity index (χ4v) is 2.98. The number of rotatable bonds is 7. The summed E-state index contributed by atoms with van der Waals surface area (Å²) in [5, 5.41) is 3.05. The molecule has 0 radical (unpaired) electrons. The lowest BCUT2D eigenvalue weighted by atomic mass is 9.95. The lowest BCUT2D eigenvalue weighted by molar-refractivity contribution is -0.132. The number of amides is 2. The quantitative estimate of drug-likeness (QED) is 0.773. The Bertz CT molecular complexity index is 578. The van der Waals surface area contributed by atoms with Crippen molar-refractivity contribution in [1.82, 2.24) is 10.2 Å². The summed E-state index contributed by atoms with van der Waals surface area (Å²) in [6.45, 7) is 3.81. The highest BCUT2D eigenvalue weighted by Gasteiger charge is 2.27. The van der Waals surface area contributed by atoms with Crippen LogP contribution in [0.25, 0.3) is 6.08 Å². The van der Waals surface area contributed by atoms with E-state index < -0.39 is 0 Å². The van der Waals surface area contributed by atoms with Crippen molar-refractivity contribution in [2.75, 3.05) is 26.8 Å². The summed E-state index contributed by atoms with van der Waals surface area (Å²) in [5.74, 6) is 0.0671. The number of carbonyl (C=O) groups excluding carboxylic acids is 2. The summed E-state index contributed by atoms with van der Waals surface area (Å²) in [5.41, 5.74) is 1.01. The van der Waals surface area contributed by atoms with Crippen LogP contribution in [0.2, 0.25) is 0 Å². The zero-order chi connectivity index (χ0) is 18.1. The van der Waals surface area contributed by atoms with Crippen molar-refractivity contribution in [3.63, 3.8) is 0 Å². The van der Waals surface area contributed by atoms with Crippen LogP contribution in [0.3, 0.4) is 0 Å². The van der Waals surface area contributed by atoms with E-state index in [-0.39, 0.29) is 23.8 Å². The van der Waals surface area contributed by atoms with E-state index in [1.807, 2.05) is 48.2 Å². The highest BCUT2D eigenvalue weighted by Crippen LogP contribution is 2.18. The van der Waals surface area contributed by atoms with E-state index in [4.69, 9.17) is 4.74 Å². The molecule has 1 aliphatic rings. The predicted octanol–water partition coefficient (Wildman–Crippen LogP) is 2.48. The minimum absolute atomic E-state index is 0.00790. The third kappa shape index (κ3) is 6.02. The fraction of sp³-hybridized carbons (Fsp3) is 0.500. The highest BCUT2D eigenvalue weighted by atomic mass is 16.5. The third-order valence-corrected chi connectivity index (χ3v) is 4.60. The van der Waals surface area contributed by atoms with Crippen LogP contribution < -0.4 is 5.32 Å². The van der Waals surface area contributed by atoms with Gasteiger partial charge in [-0.1, -0.05) is 37.3 Å². The van der Waals surface area contributed by atoms with Crippen molar-refractivity contribution < 1.29 is 14.3 Å². The Labute approximate surface area is 150 Å². The van der Waals surface area contributed by atoms with Crippen molar-refractivity contribution in [3.8, 4) is 0 Å². The van der Waals surface area contributed by atoms with Crippen molar-refractivity contribution in [1.29, 1.82) is 0 Å². The van der Waals surface area contributed by atoms with Crippen molar-refractivity contribution in [2.45, 2.75) is 32.2 Å². The topological polar surface area (TPSA) is 58.6 Å². The summed E-state index contributed by atoms with van der Waals surface area (Å²) in [4.78, 5) is 26.4. The molecule has 2 amide bonds. The van der Waals surface area contributed by atoms with Gasteiger partial charge in [0.15, 0.2) is 0 Å². The minimum atomic E-state index is -0.0203. The van der Waals surface area contributed by atoms with Crippen molar-refractivity contribution in [2.24, 2.45) is 5.92 Å². The van der Waals surface area contributed by atoms with Crippen molar-refractivity contribution in [3.05, 3.63) is 42.0 Å². The molecular weight excluding hydrogens is 316 g/mol. The molecule has 25 heavy (non-hydrogen) atoms. The number of nitrogens with zero attached hydrogens (tertiary/aromatic N) is 1. The molecule has 0 saturated carbocycles. The van der Waals surface area contributed by atoms with Crippen LogP contribution in [0.1, 0.15) is 31.7 Å². The molecule has 5 nitrogen and oxygen atoms in total. The van der Waals surface area contributed by atoms with E-state index in [0.717, 1.165) is 12.0 Å². The predicted molar refractivity (Wildman–Crippen MR) is 98.9 cm³/mol. The summed E-state index contributed by atoms with van der Waals surface area (Å²) in [7, 11) is 1.64. The van der Waals surface area contributed by atoms with E-state index in [2.05, 4.69) is 5.32 Å². The number of hydrogen-bond acceptors (Lipinski definition) is 3. The number of piperidine rings is 1. The summed E-state index contributed by atoms with van der Waals surface area (Å²) >= 11 is 0. The SMILES string of the molecule is CCC(COC)NC(=O)C1CCN(C(=O)C=Cc2ccccc2)CC1. The number of methoxy groups -OCH3 is 1. The van der Waals surface area contributed by atoms with Gasteiger partial charge in [-0.05, 0) is 30.9 Å². The van der Waals surface area contributed by atoms with Crippen LogP contribution in [0.4, 0.5) is 0 Å². The van der Waals surface area contributed by atoms with Crippen LogP contribution in [0, 0.1) is 5.92 Å². The van der Waals surface area contributed by atoms with E-state index in [0.29, 0.717) is 32.5 Å². The Morgan fingerprint density at radius 1 is 1.28 bits per heavy atom. The monoisotopic (exact) mass is 344 g/mol. The Hall–Kier alpha value is -2.14. The van der Waals surface area contributed by atoms with Crippen LogP contribution in [-0.4, -0.2) is 49.6 Å². The first-order valence-corrected chi connectivity index (χ1v) is 8.95. The average molecular weight is 344 g/mol. The van der Waals surface area contributed by atoms with Crippen molar-refractivity contribution >= 4 is 17.9 Å². The highest BCUT2D eigenvalue weighted by molar-refractivity contribution is 5.92. The molecular formula is C20H28N2O3. The van der Waals surface area contributed by atoms with Gasteiger partial charge in [-0.3, -0.25) is 9.59 Å². The van der Waals surface area contributed by atoms with Crippen LogP contribution >= 0.6 is 0 Å². The largest absolute Gasteiger partial charge is 0.383 e. The molecule has 0 bridgehead atoms. The first-order valence-electron chi connectivity index (χ1n) is 8.95. The summed E-state index contributed by atoms with van der Waals surface area (Å²) in [6, 6.07) is 9.83. The van der Waals surface area contributed by atoms with E-state index in [9.17, 15) is 9.59 Å². The van der Waals surface area contributed by atoms with Crippen LogP contribution in [0.15, 0.2) is 36.4 Å². The van der Waals surface area contributed by atoms with Gasteiger partial charge in [-0.2, -0.15) is 0 Å². The molecule has 5 heteroatoms. The molecule has 0 spiro atoms. The van der Waals surface area contributed by atoms with Gasteiger partial charge in [0.1, 0.15) is 0 Å². The molecule has 1 unspecified atom stereocenters. The zero-order valence-electron chi connectivity index (χ0n) is 15.1. The van der Waals surface area contributed by atoms with Crippen LogP contribution in [0.5, 0.6) is 0 Å². The second-order valence-corrected chi connectivity index (χ2v) is 6.41. The molecule has 1 aromatic rings. The second kappa shape index (κ2) is 9.99. The van der Waals surface area contributed by atoms with Gasteiger partial charge in [0.25, 0.3) is 0 Å². The van der Waals surface area contributed by atoms with Gasteiger partial charge in [-0.25, -0.2) is 0 Å². The fourth-order valence-electron chi connectivity index (χ4n) is 2.98. The third-order valence-electron chi connectivity index (χ3n) is 4.60. The molecule has 1 N–H and O–H groups in total. The molecule has 1 aliphatic heterocycles. The second-order valence-electron chi connectivity index (χ2n) is 6.41. The van der Waals surface area contributed by atoms with Gasteiger partial charge in [0.2, 0.25) is 11.8 Å². The first-order chi connectivity index (χ1) is 12.1. The maximum absolute atomic E-state index is 12.3. The molecule has 1 fully saturated rings. The minimum Gasteiger partial charge on any atom is -0.383 e. The Morgan fingerprint density at radius 3 is 2.56 bits per heavy atom. The molecule has 1 atom stereocenters. The van der Waals surface area contributed by atoms with Gasteiger partial charge < -0.3 is 15.0 Å². The molecule has 1 aromatic carbocycles. The maximum Gasteiger partial charge on any atom is 0.246 e. The maximum atomic E-state index is 12.3. The van der Waals surface area contributed by atoms with E-state index in [1.54, 1.807) is 13.2 Å². The van der Waals surface area contributed by atoms with Gasteiger partial charge in [-0.15, -0.1) is 0 Å². The number of hydrogen-bond donors (Lipinski definition) is 1. The summed E-state index contributed by atoms with van der Waals surface area (Å²) in [6.07, 6.45) is 5.71. The van der Waals surface area contributed by atoms with Gasteiger partial charge in [0, 0.05) is 32.2 Å². The van der Waals surface area contributed by atoms with E-state index >= 15 is 0 Å². The molecule has 1 heterocycles. The number of benzene rings is 1. The lowest BCUT2D eigenvalue weighted by Gasteiger charge is -2.31. The number of likely N-dealkylation sites (tertiary alicyclic amines) is 1. The Balaban J connectivity index is 1.79. The zero-order valence-corrected chi connectivity index (χ0v) is 15.1. The summed E-state index contributed by atoms with van der Waals surface area (Å²) < 4.78 is 5.12. The molecule has 136 valence electrons. The Kier molecular flexibility index (Phi) is 7.67. The average Bonchev–Trinajstić information content (AvgIpc) is 2.66. The molecule has 0 aromatic heterocycles. The number of carbonyl (C=O) groups is 2. The smallest absolute Gasteiger partial charge is 0.246 e. The first kappa shape index (κ1) is 19.2.